The predicted molar refractivity (Wildman–Crippen MR) is 72.3 cm³/mol. The van der Waals surface area contributed by atoms with Crippen molar-refractivity contribution in [3.63, 3.8) is 0 Å². The summed E-state index contributed by atoms with van der Waals surface area (Å²) >= 11 is 3.46. The average Bonchev–Trinajstić information content (AvgIpc) is 2.09. The molecule has 0 radical (unpaired) electrons. The summed E-state index contributed by atoms with van der Waals surface area (Å²) in [7, 11) is 0.192. The molecular formula is C11H16BrNOSi. The summed E-state index contributed by atoms with van der Waals surface area (Å²) in [6, 6.07) is 3.89. The van der Waals surface area contributed by atoms with Crippen molar-refractivity contribution in [1.82, 2.24) is 0 Å². The largest absolute Gasteiger partial charge is 0.507 e. The van der Waals surface area contributed by atoms with Gasteiger partial charge in [0.2, 0.25) is 0 Å². The van der Waals surface area contributed by atoms with E-state index in [1.807, 2.05) is 12.1 Å². The first-order valence-electron chi connectivity index (χ1n) is 4.81. The highest BCUT2D eigenvalue weighted by Crippen LogP contribution is 2.22. The van der Waals surface area contributed by atoms with E-state index in [0.29, 0.717) is 5.75 Å². The molecule has 0 bridgehead atoms. The maximum Gasteiger partial charge on any atom is 0.123 e. The lowest BCUT2D eigenvalue weighted by atomic mass is 10.2. The van der Waals surface area contributed by atoms with E-state index in [4.69, 9.17) is 0 Å². The zero-order chi connectivity index (χ0) is 11.6. The normalized spacial score (nSPS) is 12.3. The molecular weight excluding hydrogens is 270 g/mol. The Labute approximate surface area is 100 Å². The van der Waals surface area contributed by atoms with Crippen molar-refractivity contribution in [2.45, 2.75) is 19.6 Å². The molecule has 0 unspecified atom stereocenters. The van der Waals surface area contributed by atoms with Crippen LogP contribution in [0.5, 0.6) is 5.75 Å². The number of hydrogen-bond donors (Lipinski definition) is 1. The van der Waals surface area contributed by atoms with Gasteiger partial charge in [0.05, 0.1) is 8.07 Å². The highest BCUT2D eigenvalue weighted by atomic mass is 79.9. The second kappa shape index (κ2) is 4.49. The third-order valence-corrected chi connectivity index (χ3v) is 4.64. The Hall–Kier alpha value is -0.613. The molecule has 1 aromatic carbocycles. The van der Waals surface area contributed by atoms with Crippen LogP contribution in [-0.2, 0) is 0 Å². The second-order valence-corrected chi connectivity index (χ2v) is 10.5. The molecule has 0 aliphatic carbocycles. The molecule has 0 aliphatic heterocycles. The van der Waals surface area contributed by atoms with Crippen molar-refractivity contribution in [3.8, 4) is 5.75 Å². The smallest absolute Gasteiger partial charge is 0.123 e. The van der Waals surface area contributed by atoms with Crippen LogP contribution in [0, 0.1) is 0 Å². The van der Waals surface area contributed by atoms with Crippen LogP contribution in [0.4, 0.5) is 0 Å². The number of aromatic hydroxyl groups is 1. The maximum atomic E-state index is 10.1. The molecule has 0 fully saturated rings. The number of aliphatic imine (C=N–C) groups is 1. The molecule has 0 saturated carbocycles. The van der Waals surface area contributed by atoms with Gasteiger partial charge in [-0.15, -0.1) is 0 Å². The van der Waals surface area contributed by atoms with Crippen molar-refractivity contribution in [3.05, 3.63) is 22.2 Å². The lowest BCUT2D eigenvalue weighted by molar-refractivity contribution is 0.478. The Balaban J connectivity index is 3.41. The molecule has 82 valence electrons. The minimum atomic E-state index is -1.51. The Morgan fingerprint density at radius 1 is 1.33 bits per heavy atom. The molecule has 0 amide bonds. The van der Waals surface area contributed by atoms with Crippen LogP contribution >= 0.6 is 15.9 Å². The van der Waals surface area contributed by atoms with Gasteiger partial charge in [0.1, 0.15) is 5.75 Å². The van der Waals surface area contributed by atoms with Gasteiger partial charge in [-0.2, -0.15) is 0 Å². The van der Waals surface area contributed by atoms with Gasteiger partial charge in [0.25, 0.3) is 0 Å². The molecule has 0 saturated heterocycles. The van der Waals surface area contributed by atoms with Gasteiger partial charge in [0.15, 0.2) is 0 Å². The Kier molecular flexibility index (Phi) is 3.73. The standard InChI is InChI=1S/C11H16BrNOSi/c1-13-7-8-5-9(12)6-10(11(8)14)15(2,3)4/h5-7,14H,1-4H3. The first-order valence-corrected chi connectivity index (χ1v) is 9.10. The third kappa shape index (κ3) is 2.92. The van der Waals surface area contributed by atoms with E-state index < -0.39 is 8.07 Å². The van der Waals surface area contributed by atoms with Gasteiger partial charge >= 0.3 is 0 Å². The van der Waals surface area contributed by atoms with Crippen LogP contribution in [-0.4, -0.2) is 26.4 Å². The van der Waals surface area contributed by atoms with E-state index in [9.17, 15) is 5.11 Å². The van der Waals surface area contributed by atoms with E-state index in [1.54, 1.807) is 13.3 Å². The van der Waals surface area contributed by atoms with Gasteiger partial charge in [-0.1, -0.05) is 35.6 Å². The van der Waals surface area contributed by atoms with Crippen LogP contribution in [0.2, 0.25) is 19.6 Å². The Morgan fingerprint density at radius 2 is 1.93 bits per heavy atom. The quantitative estimate of drug-likeness (QED) is 0.658. The number of hydrogen-bond acceptors (Lipinski definition) is 2. The van der Waals surface area contributed by atoms with Crippen LogP contribution in [0.1, 0.15) is 5.56 Å². The fraction of sp³-hybridized carbons (Fsp3) is 0.364. The maximum absolute atomic E-state index is 10.1. The van der Waals surface area contributed by atoms with Crippen molar-refractivity contribution >= 4 is 35.4 Å². The van der Waals surface area contributed by atoms with Crippen molar-refractivity contribution in [2.75, 3.05) is 7.05 Å². The molecule has 1 rings (SSSR count). The number of halogens is 1. The minimum Gasteiger partial charge on any atom is -0.507 e. The lowest BCUT2D eigenvalue weighted by Gasteiger charge is -2.19. The molecule has 15 heavy (non-hydrogen) atoms. The third-order valence-electron chi connectivity index (χ3n) is 2.18. The van der Waals surface area contributed by atoms with Crippen LogP contribution < -0.4 is 5.19 Å². The average molecular weight is 286 g/mol. The number of phenols is 1. The summed E-state index contributed by atoms with van der Waals surface area (Å²) in [5, 5.41) is 11.2. The SMILES string of the molecule is CN=Cc1cc(Br)cc([Si](C)(C)C)c1O. The Bertz CT molecular complexity index is 396. The lowest BCUT2D eigenvalue weighted by Crippen LogP contribution is -2.38. The molecule has 4 heteroatoms. The highest BCUT2D eigenvalue weighted by molar-refractivity contribution is 9.10. The molecule has 0 aromatic heterocycles. The first-order chi connectivity index (χ1) is 6.86. The summed E-state index contributed by atoms with van der Waals surface area (Å²) in [5.74, 6) is 0.378. The van der Waals surface area contributed by atoms with Gasteiger partial charge in [0, 0.05) is 23.3 Å². The van der Waals surface area contributed by atoms with E-state index in [-0.39, 0.29) is 0 Å². The van der Waals surface area contributed by atoms with Gasteiger partial charge in [-0.25, -0.2) is 0 Å². The molecule has 1 N–H and O–H groups in total. The summed E-state index contributed by atoms with van der Waals surface area (Å²) in [4.78, 5) is 3.94. The van der Waals surface area contributed by atoms with Crippen LogP contribution in [0.15, 0.2) is 21.6 Å². The predicted octanol–water partition coefficient (Wildman–Crippen LogP) is 2.75. The van der Waals surface area contributed by atoms with E-state index in [2.05, 4.69) is 40.6 Å². The van der Waals surface area contributed by atoms with E-state index in [1.165, 1.54) is 0 Å². The Morgan fingerprint density at radius 3 is 2.40 bits per heavy atom. The molecule has 0 heterocycles. The highest BCUT2D eigenvalue weighted by Gasteiger charge is 2.22. The molecule has 0 spiro atoms. The minimum absolute atomic E-state index is 0.378. The molecule has 0 aliphatic rings. The van der Waals surface area contributed by atoms with Crippen LogP contribution in [0.3, 0.4) is 0 Å². The molecule has 2 nitrogen and oxygen atoms in total. The summed E-state index contributed by atoms with van der Waals surface area (Å²) in [5.41, 5.74) is 0.782. The van der Waals surface area contributed by atoms with Crippen LogP contribution in [0.25, 0.3) is 0 Å². The van der Waals surface area contributed by atoms with Gasteiger partial charge in [-0.05, 0) is 17.3 Å². The zero-order valence-corrected chi connectivity index (χ0v) is 12.1. The zero-order valence-electron chi connectivity index (χ0n) is 9.50. The van der Waals surface area contributed by atoms with Gasteiger partial charge in [-0.3, -0.25) is 4.99 Å². The summed E-state index contributed by atoms with van der Waals surface area (Å²) < 4.78 is 0.993. The summed E-state index contributed by atoms with van der Waals surface area (Å²) in [6.45, 7) is 6.63. The fourth-order valence-corrected chi connectivity index (χ4v) is 3.56. The number of nitrogens with zero attached hydrogens (tertiary/aromatic N) is 1. The summed E-state index contributed by atoms with van der Waals surface area (Å²) in [6.07, 6.45) is 1.68. The van der Waals surface area contributed by atoms with Crippen molar-refractivity contribution in [1.29, 1.82) is 0 Å². The number of rotatable bonds is 2. The topological polar surface area (TPSA) is 32.6 Å². The number of phenolic OH excluding ortho intramolecular Hbond substituents is 1. The number of benzene rings is 1. The van der Waals surface area contributed by atoms with Crippen molar-refractivity contribution < 1.29 is 5.11 Å². The monoisotopic (exact) mass is 285 g/mol. The first kappa shape index (κ1) is 12.5. The van der Waals surface area contributed by atoms with E-state index in [0.717, 1.165) is 15.2 Å². The molecule has 0 atom stereocenters. The molecule has 1 aromatic rings. The fourth-order valence-electron chi connectivity index (χ4n) is 1.43. The second-order valence-electron chi connectivity index (χ2n) is 4.53. The van der Waals surface area contributed by atoms with Gasteiger partial charge < -0.3 is 5.11 Å². The van der Waals surface area contributed by atoms with E-state index >= 15 is 0 Å². The van der Waals surface area contributed by atoms with Crippen molar-refractivity contribution in [2.24, 2.45) is 4.99 Å².